The highest BCUT2D eigenvalue weighted by molar-refractivity contribution is 6.05. The molecule has 29 heavy (non-hydrogen) atoms. The number of hydrogen-bond donors (Lipinski definition) is 0. The minimum atomic E-state index is -0.439. The van der Waals surface area contributed by atoms with Crippen LogP contribution in [0.1, 0.15) is 40.5 Å². The molecule has 0 saturated heterocycles. The van der Waals surface area contributed by atoms with Crippen LogP contribution in [0.5, 0.6) is 0 Å². The van der Waals surface area contributed by atoms with Gasteiger partial charge in [0.2, 0.25) is 0 Å². The number of amides is 1. The normalized spacial score (nSPS) is 12.6. The second-order valence-corrected chi connectivity index (χ2v) is 7.25. The number of benzene rings is 2. The van der Waals surface area contributed by atoms with Gasteiger partial charge in [0.25, 0.3) is 5.91 Å². The Kier molecular flexibility index (Phi) is 5.56. The molecule has 1 aliphatic rings. The van der Waals surface area contributed by atoms with Crippen LogP contribution in [0.3, 0.4) is 0 Å². The Labute approximate surface area is 170 Å². The number of fused-ring (bicyclic) bond motifs is 2. The monoisotopic (exact) mass is 388 g/mol. The number of rotatable bonds is 6. The lowest BCUT2D eigenvalue weighted by Crippen LogP contribution is -2.34. The minimum absolute atomic E-state index is 0.195. The summed E-state index contributed by atoms with van der Waals surface area (Å²) in [6, 6.07) is 17.4. The summed E-state index contributed by atoms with van der Waals surface area (Å²) in [6.45, 7) is 2.72. The molecule has 0 aliphatic heterocycles. The number of nitrogens with zero attached hydrogens (tertiary/aromatic N) is 2. The number of carbonyl (C=O) groups is 2. The average Bonchev–Trinajstić information content (AvgIpc) is 3.22. The van der Waals surface area contributed by atoms with Gasteiger partial charge in [-0.2, -0.15) is 0 Å². The maximum atomic E-state index is 13.0. The Balaban J connectivity index is 1.51. The van der Waals surface area contributed by atoms with E-state index in [0.717, 1.165) is 47.0 Å². The molecule has 0 unspecified atom stereocenters. The van der Waals surface area contributed by atoms with E-state index in [0.29, 0.717) is 18.7 Å². The zero-order chi connectivity index (χ0) is 20.2. The van der Waals surface area contributed by atoms with E-state index in [9.17, 15) is 9.59 Å². The van der Waals surface area contributed by atoms with Crippen molar-refractivity contribution in [2.45, 2.75) is 32.7 Å². The van der Waals surface area contributed by atoms with Gasteiger partial charge in [0.15, 0.2) is 6.61 Å². The van der Waals surface area contributed by atoms with Gasteiger partial charge in [0.1, 0.15) is 0 Å². The van der Waals surface area contributed by atoms with E-state index in [1.165, 1.54) is 0 Å². The van der Waals surface area contributed by atoms with Crippen LogP contribution < -0.4 is 0 Å². The van der Waals surface area contributed by atoms with Crippen LogP contribution in [0, 0.1) is 0 Å². The summed E-state index contributed by atoms with van der Waals surface area (Å²) in [7, 11) is 0. The summed E-state index contributed by atoms with van der Waals surface area (Å²) in [6.07, 6.45) is 2.68. The Morgan fingerprint density at radius 2 is 1.79 bits per heavy atom. The lowest BCUT2D eigenvalue weighted by molar-refractivity contribution is -0.134. The van der Waals surface area contributed by atoms with Crippen LogP contribution in [0.4, 0.5) is 0 Å². The zero-order valence-corrected chi connectivity index (χ0v) is 16.6. The summed E-state index contributed by atoms with van der Waals surface area (Å²) in [5.74, 6) is -0.634. The number of ether oxygens (including phenoxy) is 1. The van der Waals surface area contributed by atoms with Crippen LogP contribution >= 0.6 is 0 Å². The Morgan fingerprint density at radius 3 is 2.59 bits per heavy atom. The van der Waals surface area contributed by atoms with Crippen molar-refractivity contribution >= 4 is 22.8 Å². The molecular weight excluding hydrogens is 364 g/mol. The molecule has 5 heteroatoms. The van der Waals surface area contributed by atoms with Crippen molar-refractivity contribution in [3.8, 4) is 0 Å². The quantitative estimate of drug-likeness (QED) is 0.601. The predicted octanol–water partition coefficient (Wildman–Crippen LogP) is 3.93. The summed E-state index contributed by atoms with van der Waals surface area (Å²) in [5.41, 5.74) is 4.36. The van der Waals surface area contributed by atoms with E-state index < -0.39 is 5.97 Å². The van der Waals surface area contributed by atoms with E-state index in [-0.39, 0.29) is 12.5 Å². The number of esters is 1. The molecular formula is C24H24N2O3. The van der Waals surface area contributed by atoms with Gasteiger partial charge >= 0.3 is 5.97 Å². The molecule has 0 radical (unpaired) electrons. The highest BCUT2D eigenvalue weighted by atomic mass is 16.5. The van der Waals surface area contributed by atoms with E-state index in [2.05, 4.69) is 0 Å². The Morgan fingerprint density at radius 1 is 1.03 bits per heavy atom. The second kappa shape index (κ2) is 8.43. The third-order valence-electron chi connectivity index (χ3n) is 5.40. The molecule has 0 spiro atoms. The average molecular weight is 388 g/mol. The molecule has 1 amide bonds. The highest BCUT2D eigenvalue weighted by Crippen LogP contribution is 2.30. The van der Waals surface area contributed by atoms with Crippen LogP contribution in [0.15, 0.2) is 54.6 Å². The van der Waals surface area contributed by atoms with E-state index in [1.807, 2.05) is 61.5 Å². The fourth-order valence-electron chi connectivity index (χ4n) is 3.91. The smallest absolute Gasteiger partial charge is 0.339 e. The molecule has 0 fully saturated rings. The van der Waals surface area contributed by atoms with Crippen molar-refractivity contribution in [2.75, 3.05) is 13.2 Å². The van der Waals surface area contributed by atoms with Crippen LogP contribution in [0.2, 0.25) is 0 Å². The molecule has 4 rings (SSSR count). The van der Waals surface area contributed by atoms with Gasteiger partial charge in [0, 0.05) is 24.2 Å². The first-order chi connectivity index (χ1) is 14.2. The molecule has 1 heterocycles. The maximum Gasteiger partial charge on any atom is 0.339 e. The van der Waals surface area contributed by atoms with Gasteiger partial charge in [0.05, 0.1) is 11.1 Å². The van der Waals surface area contributed by atoms with E-state index in [1.54, 1.807) is 4.90 Å². The molecule has 148 valence electrons. The first kappa shape index (κ1) is 19.1. The number of hydrogen-bond acceptors (Lipinski definition) is 4. The van der Waals surface area contributed by atoms with Gasteiger partial charge < -0.3 is 9.64 Å². The van der Waals surface area contributed by atoms with Gasteiger partial charge in [-0.1, -0.05) is 48.5 Å². The molecule has 0 saturated carbocycles. The van der Waals surface area contributed by atoms with Crippen molar-refractivity contribution in [1.29, 1.82) is 0 Å². The summed E-state index contributed by atoms with van der Waals surface area (Å²) in [5, 5.41) is 0.794. The van der Waals surface area contributed by atoms with Crippen molar-refractivity contribution in [3.63, 3.8) is 0 Å². The Hall–Kier alpha value is -3.21. The predicted molar refractivity (Wildman–Crippen MR) is 112 cm³/mol. The second-order valence-electron chi connectivity index (χ2n) is 7.25. The Bertz CT molecular complexity index is 1050. The van der Waals surface area contributed by atoms with Crippen molar-refractivity contribution < 1.29 is 14.3 Å². The van der Waals surface area contributed by atoms with E-state index in [4.69, 9.17) is 9.72 Å². The lowest BCUT2D eigenvalue weighted by atomic mass is 10.0. The highest BCUT2D eigenvalue weighted by Gasteiger charge is 2.25. The first-order valence-electron chi connectivity index (χ1n) is 10.1. The molecule has 0 N–H and O–H groups in total. The van der Waals surface area contributed by atoms with Crippen LogP contribution in [0.25, 0.3) is 10.9 Å². The third kappa shape index (κ3) is 3.99. The number of pyridine rings is 1. The van der Waals surface area contributed by atoms with Crippen molar-refractivity contribution in [2.24, 2.45) is 0 Å². The number of carbonyl (C=O) groups excluding carboxylic acids is 2. The lowest BCUT2D eigenvalue weighted by Gasteiger charge is -2.21. The van der Waals surface area contributed by atoms with Gasteiger partial charge in [-0.05, 0) is 43.4 Å². The van der Waals surface area contributed by atoms with E-state index >= 15 is 0 Å². The summed E-state index contributed by atoms with van der Waals surface area (Å²) < 4.78 is 5.49. The standard InChI is InChI=1S/C24H24N2O3/c1-2-26(15-17-9-4-3-5-10-17)22(27)16-29-24(28)23-18-11-6-7-13-20(18)25-21-14-8-12-19(21)23/h3-7,9-11,13H,2,8,12,14-16H2,1H3. The number of aryl methyl sites for hydroxylation is 1. The zero-order valence-electron chi connectivity index (χ0n) is 16.6. The molecule has 0 bridgehead atoms. The van der Waals surface area contributed by atoms with Gasteiger partial charge in [-0.3, -0.25) is 9.78 Å². The van der Waals surface area contributed by atoms with Gasteiger partial charge in [-0.15, -0.1) is 0 Å². The van der Waals surface area contributed by atoms with Crippen LogP contribution in [-0.4, -0.2) is 34.9 Å². The number of aromatic nitrogens is 1. The SMILES string of the molecule is CCN(Cc1ccccc1)C(=O)COC(=O)c1c2c(nc3ccccc13)CCC2. The fraction of sp³-hybridized carbons (Fsp3) is 0.292. The van der Waals surface area contributed by atoms with Crippen molar-refractivity contribution in [1.82, 2.24) is 9.88 Å². The molecule has 3 aromatic rings. The largest absolute Gasteiger partial charge is 0.452 e. The molecule has 1 aromatic heterocycles. The number of para-hydroxylation sites is 1. The summed E-state index contributed by atoms with van der Waals surface area (Å²) >= 11 is 0. The van der Waals surface area contributed by atoms with Crippen LogP contribution in [-0.2, 0) is 28.9 Å². The van der Waals surface area contributed by atoms with Crippen molar-refractivity contribution in [3.05, 3.63) is 77.0 Å². The third-order valence-corrected chi connectivity index (χ3v) is 5.40. The maximum absolute atomic E-state index is 13.0. The number of likely N-dealkylation sites (N-methyl/N-ethyl adjacent to an activating group) is 1. The minimum Gasteiger partial charge on any atom is -0.452 e. The first-order valence-corrected chi connectivity index (χ1v) is 10.1. The summed E-state index contributed by atoms with van der Waals surface area (Å²) in [4.78, 5) is 32.0. The topological polar surface area (TPSA) is 59.5 Å². The fourth-order valence-corrected chi connectivity index (χ4v) is 3.91. The molecule has 2 aromatic carbocycles. The molecule has 0 atom stereocenters. The molecule has 5 nitrogen and oxygen atoms in total. The van der Waals surface area contributed by atoms with Gasteiger partial charge in [-0.25, -0.2) is 4.79 Å². The molecule has 1 aliphatic carbocycles.